The highest BCUT2D eigenvalue weighted by molar-refractivity contribution is 5.94. The predicted octanol–water partition coefficient (Wildman–Crippen LogP) is 2.51. The Labute approximate surface area is 120 Å². The summed E-state index contributed by atoms with van der Waals surface area (Å²) in [7, 11) is 0. The summed E-state index contributed by atoms with van der Waals surface area (Å²) in [5, 5.41) is 11.8. The molecule has 0 aliphatic heterocycles. The minimum absolute atomic E-state index is 0.171. The van der Waals surface area contributed by atoms with Gasteiger partial charge in [0.15, 0.2) is 0 Å². The van der Waals surface area contributed by atoms with Gasteiger partial charge in [-0.3, -0.25) is 4.79 Å². The summed E-state index contributed by atoms with van der Waals surface area (Å²) in [6, 6.07) is 7.20. The van der Waals surface area contributed by atoms with E-state index in [1.165, 1.54) is 19.3 Å². The highest BCUT2D eigenvalue weighted by Gasteiger charge is 2.15. The summed E-state index contributed by atoms with van der Waals surface area (Å²) in [5.74, 6) is 0.652. The largest absolute Gasteiger partial charge is 0.490 e. The molecular weight excluding hydrogens is 254 g/mol. The molecule has 2 N–H and O–H groups in total. The number of benzene rings is 1. The third-order valence-electron chi connectivity index (χ3n) is 3.53. The molecule has 2 rings (SSSR count). The molecule has 0 heterocycles. The predicted molar refractivity (Wildman–Crippen MR) is 78.0 cm³/mol. The summed E-state index contributed by atoms with van der Waals surface area (Å²) >= 11 is 0. The van der Waals surface area contributed by atoms with Crippen molar-refractivity contribution < 1.29 is 14.6 Å². The number of aliphatic hydroxyl groups is 1. The number of nitrogens with one attached hydrogen (secondary N) is 1. The van der Waals surface area contributed by atoms with Gasteiger partial charge in [-0.15, -0.1) is 0 Å². The second-order valence-corrected chi connectivity index (χ2v) is 5.46. The van der Waals surface area contributed by atoms with E-state index < -0.39 is 6.10 Å². The van der Waals surface area contributed by atoms with Gasteiger partial charge < -0.3 is 15.2 Å². The smallest absolute Gasteiger partial charge is 0.251 e. The van der Waals surface area contributed by atoms with Crippen molar-refractivity contribution in [3.05, 3.63) is 29.8 Å². The van der Waals surface area contributed by atoms with Crippen LogP contribution in [-0.2, 0) is 0 Å². The van der Waals surface area contributed by atoms with Crippen LogP contribution in [0, 0.1) is 0 Å². The summed E-state index contributed by atoms with van der Waals surface area (Å²) in [4.78, 5) is 11.8. The number of rotatable bonds is 5. The lowest BCUT2D eigenvalue weighted by molar-refractivity contribution is 0.0924. The molecule has 0 aromatic heterocycles. The normalized spacial score (nSPS) is 17.5. The third kappa shape index (κ3) is 4.53. The fraction of sp³-hybridized carbons (Fsp3) is 0.562. The van der Waals surface area contributed by atoms with Gasteiger partial charge in [-0.05, 0) is 56.9 Å². The number of hydrogen-bond acceptors (Lipinski definition) is 3. The molecule has 4 nitrogen and oxygen atoms in total. The number of carbonyl (C=O) groups is 1. The van der Waals surface area contributed by atoms with Crippen molar-refractivity contribution >= 4 is 5.91 Å². The van der Waals surface area contributed by atoms with E-state index in [4.69, 9.17) is 9.84 Å². The maximum Gasteiger partial charge on any atom is 0.251 e. The van der Waals surface area contributed by atoms with Crippen LogP contribution in [0.5, 0.6) is 5.75 Å². The van der Waals surface area contributed by atoms with Gasteiger partial charge in [0, 0.05) is 12.1 Å². The zero-order chi connectivity index (χ0) is 14.4. The van der Waals surface area contributed by atoms with E-state index in [0.29, 0.717) is 11.7 Å². The van der Waals surface area contributed by atoms with Crippen LogP contribution in [0.25, 0.3) is 0 Å². The lowest BCUT2D eigenvalue weighted by Gasteiger charge is -2.23. The Morgan fingerprint density at radius 2 is 1.95 bits per heavy atom. The number of ether oxygens (including phenoxy) is 1. The minimum atomic E-state index is -0.534. The molecule has 0 bridgehead atoms. The maximum absolute atomic E-state index is 11.8. The molecule has 1 aromatic rings. The van der Waals surface area contributed by atoms with Crippen LogP contribution in [-0.4, -0.2) is 29.8 Å². The molecule has 1 aliphatic carbocycles. The van der Waals surface area contributed by atoms with Gasteiger partial charge >= 0.3 is 0 Å². The Hall–Kier alpha value is -1.55. The molecule has 1 unspecified atom stereocenters. The van der Waals surface area contributed by atoms with Crippen molar-refractivity contribution in [3.8, 4) is 5.75 Å². The van der Waals surface area contributed by atoms with Crippen LogP contribution >= 0.6 is 0 Å². The second-order valence-electron chi connectivity index (χ2n) is 5.46. The van der Waals surface area contributed by atoms with Gasteiger partial charge in [-0.1, -0.05) is 6.42 Å². The fourth-order valence-corrected chi connectivity index (χ4v) is 2.40. The molecular formula is C16H23NO3. The van der Waals surface area contributed by atoms with E-state index in [1.54, 1.807) is 19.1 Å². The van der Waals surface area contributed by atoms with E-state index in [1.807, 2.05) is 12.1 Å². The van der Waals surface area contributed by atoms with E-state index in [-0.39, 0.29) is 12.5 Å². The monoisotopic (exact) mass is 277 g/mol. The number of hydrogen-bond donors (Lipinski definition) is 2. The summed E-state index contributed by atoms with van der Waals surface area (Å²) < 4.78 is 5.92. The number of aliphatic hydroxyl groups excluding tert-OH is 1. The van der Waals surface area contributed by atoms with E-state index >= 15 is 0 Å². The molecule has 1 amide bonds. The van der Waals surface area contributed by atoms with Crippen molar-refractivity contribution in [2.45, 2.75) is 51.2 Å². The average molecular weight is 277 g/mol. The third-order valence-corrected chi connectivity index (χ3v) is 3.53. The zero-order valence-corrected chi connectivity index (χ0v) is 12.0. The topological polar surface area (TPSA) is 58.6 Å². The maximum atomic E-state index is 11.8. The van der Waals surface area contributed by atoms with Gasteiger partial charge in [0.25, 0.3) is 5.91 Å². The van der Waals surface area contributed by atoms with Gasteiger partial charge in [-0.25, -0.2) is 0 Å². The quantitative estimate of drug-likeness (QED) is 0.869. The van der Waals surface area contributed by atoms with Gasteiger partial charge in [0.1, 0.15) is 5.75 Å². The second kappa shape index (κ2) is 7.29. The van der Waals surface area contributed by atoms with Crippen molar-refractivity contribution in [3.63, 3.8) is 0 Å². The molecule has 1 aromatic carbocycles. The standard InChI is InChI=1S/C16H23NO3/c1-12(18)11-17-16(19)13-7-9-15(10-8-13)20-14-5-3-2-4-6-14/h7-10,12,14,18H,2-6,11H2,1H3,(H,17,19). The van der Waals surface area contributed by atoms with Crippen LogP contribution in [0.15, 0.2) is 24.3 Å². The number of amides is 1. The summed E-state index contributed by atoms with van der Waals surface area (Å²) in [5.41, 5.74) is 0.585. The Balaban J connectivity index is 1.87. The molecule has 0 radical (unpaired) electrons. The Bertz CT molecular complexity index is 422. The summed E-state index contributed by atoms with van der Waals surface area (Å²) in [6.07, 6.45) is 5.82. The molecule has 4 heteroatoms. The lowest BCUT2D eigenvalue weighted by atomic mass is 9.98. The molecule has 1 aliphatic rings. The Morgan fingerprint density at radius 3 is 2.55 bits per heavy atom. The molecule has 1 saturated carbocycles. The first kappa shape index (κ1) is 14.9. The molecule has 0 spiro atoms. The van der Waals surface area contributed by atoms with Gasteiger partial charge in [0.2, 0.25) is 0 Å². The van der Waals surface area contributed by atoms with Crippen LogP contribution < -0.4 is 10.1 Å². The van der Waals surface area contributed by atoms with Gasteiger partial charge in [-0.2, -0.15) is 0 Å². The van der Waals surface area contributed by atoms with Crippen molar-refractivity contribution in [1.82, 2.24) is 5.32 Å². The first-order valence-corrected chi connectivity index (χ1v) is 7.38. The molecule has 1 fully saturated rings. The molecule has 20 heavy (non-hydrogen) atoms. The van der Waals surface area contributed by atoms with Crippen LogP contribution in [0.3, 0.4) is 0 Å². The van der Waals surface area contributed by atoms with Crippen LogP contribution in [0.2, 0.25) is 0 Å². The first-order valence-electron chi connectivity index (χ1n) is 7.38. The lowest BCUT2D eigenvalue weighted by Crippen LogP contribution is -2.30. The minimum Gasteiger partial charge on any atom is -0.490 e. The fourth-order valence-electron chi connectivity index (χ4n) is 2.40. The van der Waals surface area contributed by atoms with Crippen LogP contribution in [0.1, 0.15) is 49.4 Å². The van der Waals surface area contributed by atoms with Crippen molar-refractivity contribution in [2.75, 3.05) is 6.54 Å². The van der Waals surface area contributed by atoms with Crippen molar-refractivity contribution in [2.24, 2.45) is 0 Å². The molecule has 1 atom stereocenters. The van der Waals surface area contributed by atoms with E-state index in [0.717, 1.165) is 18.6 Å². The Kier molecular flexibility index (Phi) is 5.41. The molecule has 110 valence electrons. The Morgan fingerprint density at radius 1 is 1.30 bits per heavy atom. The van der Waals surface area contributed by atoms with Crippen LogP contribution in [0.4, 0.5) is 0 Å². The first-order chi connectivity index (χ1) is 9.65. The highest BCUT2D eigenvalue weighted by atomic mass is 16.5. The van der Waals surface area contributed by atoms with E-state index in [2.05, 4.69) is 5.32 Å². The average Bonchev–Trinajstić information content (AvgIpc) is 2.46. The zero-order valence-electron chi connectivity index (χ0n) is 12.0. The van der Waals surface area contributed by atoms with Gasteiger partial charge in [0.05, 0.1) is 12.2 Å². The van der Waals surface area contributed by atoms with Crippen molar-refractivity contribution in [1.29, 1.82) is 0 Å². The van der Waals surface area contributed by atoms with E-state index in [9.17, 15) is 4.79 Å². The SMILES string of the molecule is CC(O)CNC(=O)c1ccc(OC2CCCCC2)cc1. The summed E-state index contributed by atoms with van der Waals surface area (Å²) in [6.45, 7) is 1.90. The highest BCUT2D eigenvalue weighted by Crippen LogP contribution is 2.23. The molecule has 0 saturated heterocycles. The number of carbonyl (C=O) groups excluding carboxylic acids is 1.